The van der Waals surface area contributed by atoms with Crippen LogP contribution >= 0.6 is 7.37 Å². The number of benzene rings is 1. The zero-order chi connectivity index (χ0) is 29.5. The van der Waals surface area contributed by atoms with E-state index in [9.17, 15) is 4.57 Å². The van der Waals surface area contributed by atoms with E-state index >= 15 is 0 Å². The lowest BCUT2D eigenvalue weighted by Crippen LogP contribution is -2.36. The van der Waals surface area contributed by atoms with Crippen LogP contribution in [0.15, 0.2) is 54.9 Å². The molecule has 224 valence electrons. The fraction of sp³-hybridized carbons (Fsp3) is 0.469. The second-order valence-corrected chi connectivity index (χ2v) is 13.3. The third-order valence-electron chi connectivity index (χ3n) is 7.89. The van der Waals surface area contributed by atoms with Crippen molar-refractivity contribution < 1.29 is 18.6 Å². The highest BCUT2D eigenvalue weighted by atomic mass is 31.2. The number of unbranched alkanes of at least 4 members (excludes halogenated alkanes) is 1. The van der Waals surface area contributed by atoms with Gasteiger partial charge in [0.25, 0.3) is 0 Å². The first kappa shape index (κ1) is 30.4. The summed E-state index contributed by atoms with van der Waals surface area (Å²) in [6.45, 7) is 9.61. The first-order valence-corrected chi connectivity index (χ1v) is 17.1. The highest BCUT2D eigenvalue weighted by molar-refractivity contribution is 7.66. The Hall–Kier alpha value is -3.10. The number of rotatable bonds is 7. The number of hydrogen-bond donors (Lipinski definition) is 0. The van der Waals surface area contributed by atoms with Gasteiger partial charge in [-0.1, -0.05) is 38.8 Å². The molecule has 1 aromatic carbocycles. The van der Waals surface area contributed by atoms with Crippen LogP contribution in [0.2, 0.25) is 0 Å². The fourth-order valence-electron chi connectivity index (χ4n) is 5.18. The van der Waals surface area contributed by atoms with Crippen molar-refractivity contribution in [1.29, 1.82) is 0 Å². The maximum absolute atomic E-state index is 12.8. The van der Waals surface area contributed by atoms with Gasteiger partial charge in [-0.25, -0.2) is 9.67 Å². The molecule has 2 aliphatic rings. The largest absolute Gasteiger partial charge is 0.378 e. The average molecular weight is 592 g/mol. The minimum atomic E-state index is -2.84. The quantitative estimate of drug-likeness (QED) is 0.220. The highest BCUT2D eigenvalue weighted by Gasteiger charge is 2.24. The third kappa shape index (κ3) is 6.60. The molecule has 0 amide bonds. The maximum Gasteiger partial charge on any atom is 0.228 e. The fourth-order valence-corrected chi connectivity index (χ4v) is 6.09. The molecule has 10 heteroatoms. The van der Waals surface area contributed by atoms with Crippen molar-refractivity contribution in [3.63, 3.8) is 0 Å². The normalized spacial score (nSPS) is 18.8. The number of pyridine rings is 2. The number of hydrogen-bond acceptors (Lipinski definition) is 8. The molecule has 2 saturated heterocycles. The zero-order valence-electron chi connectivity index (χ0n) is 25.2. The maximum atomic E-state index is 12.8. The van der Waals surface area contributed by atoms with E-state index in [-0.39, 0.29) is 6.23 Å². The molecule has 9 nitrogen and oxygen atoms in total. The molecule has 2 atom stereocenters. The molecule has 0 spiro atoms. The van der Waals surface area contributed by atoms with Crippen molar-refractivity contribution in [2.75, 3.05) is 51.6 Å². The molecule has 2 unspecified atom stereocenters. The van der Waals surface area contributed by atoms with Gasteiger partial charge >= 0.3 is 0 Å². The first-order chi connectivity index (χ1) is 20.5. The number of nitrogens with zero attached hydrogens (tertiary/aromatic N) is 5. The summed E-state index contributed by atoms with van der Waals surface area (Å²) in [5.74, 6) is 0.882. The molecular weight excluding hydrogens is 549 g/mol. The Morgan fingerprint density at radius 2 is 1.76 bits per heavy atom. The van der Waals surface area contributed by atoms with Gasteiger partial charge in [-0.3, -0.25) is 9.55 Å². The summed E-state index contributed by atoms with van der Waals surface area (Å²) in [6.07, 6.45) is 9.27. The van der Waals surface area contributed by atoms with E-state index in [1.165, 1.54) is 20.0 Å². The van der Waals surface area contributed by atoms with Crippen LogP contribution in [0.5, 0.6) is 0 Å². The van der Waals surface area contributed by atoms with Crippen LogP contribution in [0.25, 0.3) is 33.4 Å². The lowest BCUT2D eigenvalue weighted by atomic mass is 10.00. The molecule has 0 bridgehead atoms. The van der Waals surface area contributed by atoms with Crippen LogP contribution in [0.3, 0.4) is 0 Å². The van der Waals surface area contributed by atoms with E-state index in [1.807, 2.05) is 47.3 Å². The summed E-state index contributed by atoms with van der Waals surface area (Å²) in [5, 5.41) is 6.29. The Morgan fingerprint density at radius 3 is 2.43 bits per heavy atom. The van der Waals surface area contributed by atoms with Crippen LogP contribution in [0, 0.1) is 0 Å². The van der Waals surface area contributed by atoms with Gasteiger partial charge < -0.3 is 18.9 Å². The Bertz CT molecular complexity index is 1510. The van der Waals surface area contributed by atoms with E-state index in [2.05, 4.69) is 29.9 Å². The molecule has 0 aliphatic carbocycles. The summed E-state index contributed by atoms with van der Waals surface area (Å²) in [6, 6.07) is 13.9. The van der Waals surface area contributed by atoms with Crippen LogP contribution in [0.4, 0.5) is 5.82 Å². The minimum absolute atomic E-state index is 0.106. The van der Waals surface area contributed by atoms with Gasteiger partial charge in [0.1, 0.15) is 17.0 Å². The number of aromatic nitrogens is 4. The molecule has 0 radical (unpaired) electrons. The number of anilines is 1. The molecule has 5 heterocycles. The summed E-state index contributed by atoms with van der Waals surface area (Å²) in [7, 11) is -1.36. The van der Waals surface area contributed by atoms with Crippen molar-refractivity contribution in [3.8, 4) is 22.5 Å². The zero-order valence-corrected chi connectivity index (χ0v) is 26.1. The molecular formula is C32H42N5O4P. The Morgan fingerprint density at radius 1 is 1.00 bits per heavy atom. The second-order valence-electron chi connectivity index (χ2n) is 10.7. The Balaban J connectivity index is 0.000000830. The number of fused-ring (bicyclic) bond motifs is 1. The first-order valence-electron chi connectivity index (χ1n) is 15.0. The Kier molecular flexibility index (Phi) is 10.1. The molecule has 42 heavy (non-hydrogen) atoms. The van der Waals surface area contributed by atoms with E-state index < -0.39 is 7.37 Å². The van der Waals surface area contributed by atoms with Gasteiger partial charge in [0, 0.05) is 56.6 Å². The molecule has 0 saturated carbocycles. The third-order valence-corrected chi connectivity index (χ3v) is 9.82. The van der Waals surface area contributed by atoms with Crippen LogP contribution in [-0.2, 0) is 18.6 Å². The molecule has 4 aromatic rings. The molecule has 6 rings (SSSR count). The minimum Gasteiger partial charge on any atom is -0.378 e. The molecule has 2 fully saturated rings. The van der Waals surface area contributed by atoms with E-state index in [1.54, 1.807) is 12.9 Å². The number of ether oxygens (including phenoxy) is 2. The molecule has 0 N–H and O–H groups in total. The van der Waals surface area contributed by atoms with Gasteiger partial charge in [-0.15, -0.1) is 0 Å². The smallest absolute Gasteiger partial charge is 0.228 e. The second kappa shape index (κ2) is 13.9. The van der Waals surface area contributed by atoms with E-state index in [0.717, 1.165) is 78.2 Å². The molecule has 3 aromatic heterocycles. The predicted octanol–water partition coefficient (Wildman–Crippen LogP) is 6.68. The standard InChI is InChI=1S/C28H32N5O4P.C4H10/c1-35-38(2,34)21-8-6-20(7-9-21)23-19-25(32-14-17-36-18-15-32)31-27-22(23)10-12-29-28(27)24-11-13-30-33(24)26-5-3-4-16-37-26;1-3-4-2/h6-13,19,26H,3-5,14-18H2,1-2H3;3-4H2,1-2H3. The SMILES string of the molecule is CCCC.COP(C)(=O)c1ccc(-c2cc(N3CCOCC3)nc3c(-c4ccnn4C4CCCCO4)nccc23)cc1. The van der Waals surface area contributed by atoms with Gasteiger partial charge in [-0.2, -0.15) is 5.10 Å². The lowest BCUT2D eigenvalue weighted by Gasteiger charge is -2.29. The summed E-state index contributed by atoms with van der Waals surface area (Å²) in [4.78, 5) is 12.2. The van der Waals surface area contributed by atoms with Crippen molar-refractivity contribution in [3.05, 3.63) is 54.9 Å². The van der Waals surface area contributed by atoms with Gasteiger partial charge in [0.15, 0.2) is 6.23 Å². The average Bonchev–Trinajstić information content (AvgIpc) is 3.55. The van der Waals surface area contributed by atoms with Gasteiger partial charge in [0.2, 0.25) is 7.37 Å². The summed E-state index contributed by atoms with van der Waals surface area (Å²) in [5.41, 5.74) is 4.52. The van der Waals surface area contributed by atoms with E-state index in [0.29, 0.717) is 18.5 Å². The van der Waals surface area contributed by atoms with Crippen molar-refractivity contribution in [2.24, 2.45) is 0 Å². The summed E-state index contributed by atoms with van der Waals surface area (Å²) >= 11 is 0. The Labute approximate surface area is 248 Å². The van der Waals surface area contributed by atoms with Crippen molar-refractivity contribution in [2.45, 2.75) is 52.2 Å². The van der Waals surface area contributed by atoms with Crippen molar-refractivity contribution in [1.82, 2.24) is 19.7 Å². The lowest BCUT2D eigenvalue weighted by molar-refractivity contribution is -0.0383. The highest BCUT2D eigenvalue weighted by Crippen LogP contribution is 2.41. The predicted molar refractivity (Wildman–Crippen MR) is 169 cm³/mol. The van der Waals surface area contributed by atoms with Crippen LogP contribution in [0.1, 0.15) is 52.2 Å². The molecule has 2 aliphatic heterocycles. The van der Waals surface area contributed by atoms with Crippen LogP contribution in [-0.4, -0.2) is 66.4 Å². The summed E-state index contributed by atoms with van der Waals surface area (Å²) < 4.78 is 31.6. The topological polar surface area (TPSA) is 91.6 Å². The van der Waals surface area contributed by atoms with Crippen molar-refractivity contribution >= 4 is 29.4 Å². The van der Waals surface area contributed by atoms with E-state index in [4.69, 9.17) is 24.0 Å². The van der Waals surface area contributed by atoms with Gasteiger partial charge in [0.05, 0.1) is 18.9 Å². The van der Waals surface area contributed by atoms with Gasteiger partial charge in [-0.05, 0) is 60.7 Å². The van der Waals surface area contributed by atoms with Crippen LogP contribution < -0.4 is 10.2 Å². The monoisotopic (exact) mass is 591 g/mol. The number of morpholine rings is 1.